The minimum atomic E-state index is -0.383. The monoisotopic (exact) mass is 416 g/mol. The summed E-state index contributed by atoms with van der Waals surface area (Å²) in [5.74, 6) is -0.383. The van der Waals surface area contributed by atoms with Crippen molar-refractivity contribution in [3.8, 4) is 0 Å². The van der Waals surface area contributed by atoms with Gasteiger partial charge < -0.3 is 15.2 Å². The number of amides is 1. The SMILES string of the molecule is Cc1ccc2c(c1)[nH]c(=O)c1c(C(=O)NCCCN3CCCc4ccccc43)nnn12. The molecule has 2 aromatic carbocycles. The second-order valence-corrected chi connectivity index (χ2v) is 8.00. The van der Waals surface area contributed by atoms with Gasteiger partial charge in [-0.25, -0.2) is 4.52 Å². The summed E-state index contributed by atoms with van der Waals surface area (Å²) in [4.78, 5) is 30.5. The van der Waals surface area contributed by atoms with Crippen molar-refractivity contribution in [2.75, 3.05) is 24.5 Å². The number of H-pyrrole nitrogens is 1. The summed E-state index contributed by atoms with van der Waals surface area (Å²) in [5.41, 5.74) is 4.90. The average Bonchev–Trinajstić information content (AvgIpc) is 3.23. The topological polar surface area (TPSA) is 95.4 Å². The Hall–Kier alpha value is -3.68. The maximum absolute atomic E-state index is 12.7. The van der Waals surface area contributed by atoms with Crippen LogP contribution in [0.3, 0.4) is 0 Å². The highest BCUT2D eigenvalue weighted by Gasteiger charge is 2.20. The molecule has 0 saturated carbocycles. The second kappa shape index (κ2) is 7.86. The summed E-state index contributed by atoms with van der Waals surface area (Å²) >= 11 is 0. The molecule has 2 aromatic heterocycles. The molecule has 8 heteroatoms. The Morgan fingerprint density at radius 1 is 1.23 bits per heavy atom. The predicted molar refractivity (Wildman–Crippen MR) is 120 cm³/mol. The molecule has 0 fully saturated rings. The van der Waals surface area contributed by atoms with Crippen LogP contribution in [0.15, 0.2) is 47.3 Å². The number of fused-ring (bicyclic) bond motifs is 4. The van der Waals surface area contributed by atoms with E-state index >= 15 is 0 Å². The third-order valence-corrected chi connectivity index (χ3v) is 5.83. The number of anilines is 1. The van der Waals surface area contributed by atoms with Crippen molar-refractivity contribution >= 4 is 28.1 Å². The van der Waals surface area contributed by atoms with Gasteiger partial charge in [0, 0.05) is 25.3 Å². The third kappa shape index (κ3) is 3.54. The van der Waals surface area contributed by atoms with Crippen molar-refractivity contribution in [1.82, 2.24) is 25.1 Å². The van der Waals surface area contributed by atoms with E-state index < -0.39 is 0 Å². The first-order valence-electron chi connectivity index (χ1n) is 10.6. The number of hydrogen-bond acceptors (Lipinski definition) is 5. The van der Waals surface area contributed by atoms with Gasteiger partial charge in [0.05, 0.1) is 11.0 Å². The number of para-hydroxylation sites is 1. The summed E-state index contributed by atoms with van der Waals surface area (Å²) in [6, 6.07) is 14.2. The fraction of sp³-hybridized carbons (Fsp3) is 0.304. The number of nitrogens with one attached hydrogen (secondary N) is 2. The Kier molecular flexibility index (Phi) is 4.89. The summed E-state index contributed by atoms with van der Waals surface area (Å²) < 4.78 is 1.44. The number of nitrogens with zero attached hydrogens (tertiary/aromatic N) is 4. The van der Waals surface area contributed by atoms with Crippen molar-refractivity contribution in [3.05, 3.63) is 69.6 Å². The van der Waals surface area contributed by atoms with Gasteiger partial charge in [-0.1, -0.05) is 29.5 Å². The van der Waals surface area contributed by atoms with Crippen molar-refractivity contribution in [2.45, 2.75) is 26.2 Å². The van der Waals surface area contributed by atoms with Crippen LogP contribution >= 0.6 is 0 Å². The van der Waals surface area contributed by atoms with E-state index in [1.54, 1.807) is 0 Å². The molecule has 0 saturated heterocycles. The van der Waals surface area contributed by atoms with Gasteiger partial charge in [-0.3, -0.25) is 9.59 Å². The fourth-order valence-corrected chi connectivity index (χ4v) is 4.32. The van der Waals surface area contributed by atoms with Crippen LogP contribution in [-0.2, 0) is 6.42 Å². The lowest BCUT2D eigenvalue weighted by atomic mass is 10.0. The molecule has 1 aliphatic heterocycles. The molecule has 1 amide bonds. The molecular formula is C23H24N6O2. The zero-order chi connectivity index (χ0) is 21.4. The van der Waals surface area contributed by atoms with Crippen molar-refractivity contribution in [3.63, 3.8) is 0 Å². The number of aromatic nitrogens is 4. The quantitative estimate of drug-likeness (QED) is 0.487. The van der Waals surface area contributed by atoms with Crippen LogP contribution in [0.5, 0.6) is 0 Å². The third-order valence-electron chi connectivity index (χ3n) is 5.83. The van der Waals surface area contributed by atoms with Crippen LogP contribution in [0.1, 0.15) is 34.5 Å². The second-order valence-electron chi connectivity index (χ2n) is 8.00. The summed E-state index contributed by atoms with van der Waals surface area (Å²) in [5, 5.41) is 11.0. The van der Waals surface area contributed by atoms with E-state index in [9.17, 15) is 9.59 Å². The Morgan fingerprint density at radius 3 is 3.00 bits per heavy atom. The first-order chi connectivity index (χ1) is 15.1. The van der Waals surface area contributed by atoms with Crippen molar-refractivity contribution in [2.24, 2.45) is 0 Å². The molecule has 4 aromatic rings. The Balaban J connectivity index is 1.28. The Labute approximate surface area is 178 Å². The lowest BCUT2D eigenvalue weighted by molar-refractivity contribution is 0.0950. The molecule has 158 valence electrons. The number of carbonyl (C=O) groups excluding carboxylic acids is 1. The summed E-state index contributed by atoms with van der Waals surface area (Å²) in [6.07, 6.45) is 3.07. The van der Waals surface area contributed by atoms with Crippen LogP contribution in [0, 0.1) is 6.92 Å². The zero-order valence-corrected chi connectivity index (χ0v) is 17.4. The smallest absolute Gasteiger partial charge is 0.277 e. The number of hydrogen-bond donors (Lipinski definition) is 2. The maximum Gasteiger partial charge on any atom is 0.277 e. The average molecular weight is 416 g/mol. The standard InChI is InChI=1S/C23H24N6O2/c1-15-9-10-19-17(14-15)25-23(31)21-20(26-27-29(19)21)22(30)24-11-5-13-28-12-4-7-16-6-2-3-8-18(16)28/h2-3,6,8-10,14H,4-5,7,11-13H2,1H3,(H,24,30)(H,25,31). The van der Waals surface area contributed by atoms with Crippen molar-refractivity contribution < 1.29 is 4.79 Å². The first kappa shape index (κ1) is 19.3. The molecular weight excluding hydrogens is 392 g/mol. The molecule has 0 bridgehead atoms. The van der Waals surface area contributed by atoms with Gasteiger partial charge >= 0.3 is 0 Å². The van der Waals surface area contributed by atoms with Gasteiger partial charge in [0.15, 0.2) is 11.2 Å². The maximum atomic E-state index is 12.7. The van der Waals surface area contributed by atoms with Gasteiger partial charge in [0.2, 0.25) is 0 Å². The molecule has 2 N–H and O–H groups in total. The van der Waals surface area contributed by atoms with E-state index in [4.69, 9.17) is 0 Å². The number of rotatable bonds is 5. The van der Waals surface area contributed by atoms with Gasteiger partial charge in [0.1, 0.15) is 0 Å². The van der Waals surface area contributed by atoms with Gasteiger partial charge in [0.25, 0.3) is 11.5 Å². The molecule has 0 aliphatic carbocycles. The lowest BCUT2D eigenvalue weighted by Gasteiger charge is -2.31. The van der Waals surface area contributed by atoms with E-state index in [0.717, 1.165) is 37.9 Å². The van der Waals surface area contributed by atoms with E-state index in [2.05, 4.69) is 49.8 Å². The van der Waals surface area contributed by atoms with E-state index in [0.29, 0.717) is 17.6 Å². The molecule has 8 nitrogen and oxygen atoms in total. The number of aromatic amines is 1. The van der Waals surface area contributed by atoms with Gasteiger partial charge in [-0.2, -0.15) is 0 Å². The summed E-state index contributed by atoms with van der Waals surface area (Å²) in [7, 11) is 0. The van der Waals surface area contributed by atoms with Crippen LogP contribution < -0.4 is 15.8 Å². The van der Waals surface area contributed by atoms with Crippen LogP contribution in [0.4, 0.5) is 5.69 Å². The highest BCUT2D eigenvalue weighted by molar-refractivity contribution is 5.99. The highest BCUT2D eigenvalue weighted by atomic mass is 16.2. The molecule has 0 unspecified atom stereocenters. The number of carbonyl (C=O) groups is 1. The van der Waals surface area contributed by atoms with Gasteiger partial charge in [-0.05, 0) is 55.5 Å². The lowest BCUT2D eigenvalue weighted by Crippen LogP contribution is -2.33. The summed E-state index contributed by atoms with van der Waals surface area (Å²) in [6.45, 7) is 4.35. The Morgan fingerprint density at radius 2 is 2.10 bits per heavy atom. The minimum absolute atomic E-state index is 0.0482. The molecule has 1 aliphatic rings. The minimum Gasteiger partial charge on any atom is -0.371 e. The largest absolute Gasteiger partial charge is 0.371 e. The van der Waals surface area contributed by atoms with Gasteiger partial charge in [-0.15, -0.1) is 5.10 Å². The van der Waals surface area contributed by atoms with E-state index in [1.165, 1.54) is 15.8 Å². The molecule has 0 radical (unpaired) electrons. The van der Waals surface area contributed by atoms with Crippen LogP contribution in [-0.4, -0.2) is 45.4 Å². The molecule has 5 rings (SSSR count). The molecule has 3 heterocycles. The van der Waals surface area contributed by atoms with Crippen LogP contribution in [0.25, 0.3) is 16.6 Å². The normalized spacial score (nSPS) is 13.5. The van der Waals surface area contributed by atoms with E-state index in [1.807, 2.05) is 25.1 Å². The number of benzene rings is 2. The number of aryl methyl sites for hydroxylation is 2. The van der Waals surface area contributed by atoms with E-state index in [-0.39, 0.29) is 22.7 Å². The predicted octanol–water partition coefficient (Wildman–Crippen LogP) is 2.45. The Bertz CT molecular complexity index is 1340. The fourth-order valence-electron chi connectivity index (χ4n) is 4.32. The van der Waals surface area contributed by atoms with Crippen LogP contribution in [0.2, 0.25) is 0 Å². The molecule has 31 heavy (non-hydrogen) atoms. The van der Waals surface area contributed by atoms with Crippen molar-refractivity contribution in [1.29, 1.82) is 0 Å². The zero-order valence-electron chi connectivity index (χ0n) is 17.4. The first-order valence-corrected chi connectivity index (χ1v) is 10.6. The molecule has 0 atom stereocenters. The molecule has 0 spiro atoms. The highest BCUT2D eigenvalue weighted by Crippen LogP contribution is 2.26.